The molecule has 168 valence electrons. The number of pyridine rings is 1. The van der Waals surface area contributed by atoms with E-state index in [-0.39, 0.29) is 17.7 Å². The van der Waals surface area contributed by atoms with E-state index in [0.29, 0.717) is 44.8 Å². The standard InChI is InChI=1S/C24H23FN6O2/c1-12-28-19(11-31(12)3)15-6-4-5-14(20(15)25)18-9-16-17(24(33)26-2)10-27-22(21(16)29-18)30-23(32)13-7-8-13/h4-6,9-11,13,29H,7-8H2,1-3H3,(H,26,33)(H,27,30,32). The number of fused-ring (bicyclic) bond motifs is 1. The van der Waals surface area contributed by atoms with Gasteiger partial charge >= 0.3 is 0 Å². The number of halogens is 1. The number of nitrogens with one attached hydrogen (secondary N) is 3. The number of benzene rings is 1. The number of carbonyl (C=O) groups is 2. The molecule has 0 saturated heterocycles. The summed E-state index contributed by atoms with van der Waals surface area (Å²) in [4.78, 5) is 36.7. The first-order chi connectivity index (χ1) is 15.9. The molecule has 1 aromatic carbocycles. The van der Waals surface area contributed by atoms with Crippen molar-refractivity contribution in [3.05, 3.63) is 53.9 Å². The molecule has 1 saturated carbocycles. The molecule has 0 bridgehead atoms. The number of anilines is 1. The van der Waals surface area contributed by atoms with Crippen LogP contribution in [0.25, 0.3) is 33.4 Å². The Bertz CT molecular complexity index is 1400. The zero-order valence-electron chi connectivity index (χ0n) is 18.5. The normalized spacial score (nSPS) is 13.3. The molecular formula is C24H23FN6O2. The van der Waals surface area contributed by atoms with Gasteiger partial charge in [-0.05, 0) is 38.0 Å². The Balaban J connectivity index is 1.65. The molecule has 2 amide bonds. The molecule has 3 N–H and O–H groups in total. The van der Waals surface area contributed by atoms with Crippen LogP contribution in [0.3, 0.4) is 0 Å². The Morgan fingerprint density at radius 1 is 1.24 bits per heavy atom. The molecule has 0 spiro atoms. The molecule has 8 nitrogen and oxygen atoms in total. The summed E-state index contributed by atoms with van der Waals surface area (Å²) in [6.45, 7) is 1.85. The van der Waals surface area contributed by atoms with Crippen molar-refractivity contribution in [2.45, 2.75) is 19.8 Å². The highest BCUT2D eigenvalue weighted by atomic mass is 19.1. The van der Waals surface area contributed by atoms with E-state index < -0.39 is 5.82 Å². The number of rotatable bonds is 5. The number of H-pyrrole nitrogens is 1. The Morgan fingerprint density at radius 2 is 2.00 bits per heavy atom. The van der Waals surface area contributed by atoms with Gasteiger partial charge < -0.3 is 20.2 Å². The third-order valence-electron chi connectivity index (χ3n) is 6.00. The third-order valence-corrected chi connectivity index (χ3v) is 6.00. The van der Waals surface area contributed by atoms with Crippen molar-refractivity contribution < 1.29 is 14.0 Å². The van der Waals surface area contributed by atoms with Crippen molar-refractivity contribution in [2.75, 3.05) is 12.4 Å². The van der Waals surface area contributed by atoms with Crippen LogP contribution in [0, 0.1) is 18.7 Å². The second-order valence-electron chi connectivity index (χ2n) is 8.29. The van der Waals surface area contributed by atoms with E-state index in [9.17, 15) is 9.59 Å². The van der Waals surface area contributed by atoms with Crippen molar-refractivity contribution in [2.24, 2.45) is 13.0 Å². The number of aromatic amines is 1. The molecule has 3 heterocycles. The Kier molecular flexibility index (Phi) is 4.96. The van der Waals surface area contributed by atoms with Gasteiger partial charge in [-0.15, -0.1) is 0 Å². The Morgan fingerprint density at radius 3 is 2.67 bits per heavy atom. The average Bonchev–Trinajstić information content (AvgIpc) is 3.48. The van der Waals surface area contributed by atoms with Gasteiger partial charge in [0, 0.05) is 54.6 Å². The van der Waals surface area contributed by atoms with Gasteiger partial charge in [0.15, 0.2) is 5.82 Å². The van der Waals surface area contributed by atoms with Crippen LogP contribution in [0.2, 0.25) is 0 Å². The maximum atomic E-state index is 15.6. The van der Waals surface area contributed by atoms with Crippen LogP contribution in [0.4, 0.5) is 10.2 Å². The number of nitrogens with zero attached hydrogens (tertiary/aromatic N) is 3. The SMILES string of the molecule is CNC(=O)c1cnc(NC(=O)C2CC2)c2[nH]c(-c3cccc(-c4cn(C)c(C)n4)c3F)cc12. The Hall–Kier alpha value is -4.01. The highest BCUT2D eigenvalue weighted by Crippen LogP contribution is 2.35. The molecule has 9 heteroatoms. The number of carbonyl (C=O) groups excluding carboxylic acids is 2. The monoisotopic (exact) mass is 446 g/mol. The van der Waals surface area contributed by atoms with Gasteiger partial charge in [0.1, 0.15) is 11.6 Å². The summed E-state index contributed by atoms with van der Waals surface area (Å²) in [6.07, 6.45) is 4.91. The summed E-state index contributed by atoms with van der Waals surface area (Å²) in [5.41, 5.74) is 2.51. The van der Waals surface area contributed by atoms with E-state index in [4.69, 9.17) is 0 Å². The van der Waals surface area contributed by atoms with Crippen LogP contribution < -0.4 is 10.6 Å². The third kappa shape index (κ3) is 3.65. The summed E-state index contributed by atoms with van der Waals surface area (Å²) in [6, 6.07) is 6.81. The van der Waals surface area contributed by atoms with Crippen molar-refractivity contribution in [1.82, 2.24) is 24.8 Å². The number of amides is 2. The average molecular weight is 446 g/mol. The Labute approximate surface area is 189 Å². The van der Waals surface area contributed by atoms with E-state index in [1.807, 2.05) is 18.5 Å². The molecule has 0 atom stereocenters. The van der Waals surface area contributed by atoms with Crippen molar-refractivity contribution in [3.63, 3.8) is 0 Å². The number of imidazole rings is 1. The first-order valence-corrected chi connectivity index (χ1v) is 10.7. The van der Waals surface area contributed by atoms with E-state index in [1.165, 1.54) is 13.2 Å². The summed E-state index contributed by atoms with van der Waals surface area (Å²) < 4.78 is 17.5. The highest BCUT2D eigenvalue weighted by Gasteiger charge is 2.30. The lowest BCUT2D eigenvalue weighted by Crippen LogP contribution is -2.19. The first kappa shape index (κ1) is 20.9. The van der Waals surface area contributed by atoms with E-state index in [0.717, 1.165) is 18.7 Å². The smallest absolute Gasteiger partial charge is 0.253 e. The van der Waals surface area contributed by atoms with Crippen molar-refractivity contribution in [3.8, 4) is 22.5 Å². The zero-order chi connectivity index (χ0) is 23.3. The molecule has 5 rings (SSSR count). The number of aryl methyl sites for hydroxylation is 2. The van der Waals surface area contributed by atoms with Crippen molar-refractivity contribution in [1.29, 1.82) is 0 Å². The molecular weight excluding hydrogens is 423 g/mol. The largest absolute Gasteiger partial charge is 0.355 e. The quantitative estimate of drug-likeness (QED) is 0.434. The van der Waals surface area contributed by atoms with Gasteiger partial charge in [-0.25, -0.2) is 14.4 Å². The fourth-order valence-electron chi connectivity index (χ4n) is 3.86. The minimum Gasteiger partial charge on any atom is -0.355 e. The maximum absolute atomic E-state index is 15.6. The van der Waals surface area contributed by atoms with E-state index in [1.54, 1.807) is 30.5 Å². The van der Waals surface area contributed by atoms with E-state index in [2.05, 4.69) is 25.6 Å². The molecule has 0 unspecified atom stereocenters. The van der Waals surface area contributed by atoms with Gasteiger partial charge in [0.2, 0.25) is 5.91 Å². The molecule has 33 heavy (non-hydrogen) atoms. The predicted molar refractivity (Wildman–Crippen MR) is 123 cm³/mol. The topological polar surface area (TPSA) is 105 Å². The summed E-state index contributed by atoms with van der Waals surface area (Å²) >= 11 is 0. The first-order valence-electron chi connectivity index (χ1n) is 10.7. The second kappa shape index (κ2) is 7.84. The van der Waals surface area contributed by atoms with Gasteiger partial charge in [-0.1, -0.05) is 6.07 Å². The molecule has 1 aliphatic carbocycles. The minimum absolute atomic E-state index is 0.00847. The lowest BCUT2D eigenvalue weighted by Gasteiger charge is -2.07. The van der Waals surface area contributed by atoms with Crippen LogP contribution in [-0.2, 0) is 11.8 Å². The highest BCUT2D eigenvalue weighted by molar-refractivity contribution is 6.11. The molecule has 0 radical (unpaired) electrons. The molecule has 4 aromatic rings. The fourth-order valence-corrected chi connectivity index (χ4v) is 3.86. The van der Waals surface area contributed by atoms with Gasteiger partial charge in [0.05, 0.1) is 16.8 Å². The fraction of sp³-hybridized carbons (Fsp3) is 0.250. The molecule has 3 aromatic heterocycles. The van der Waals surface area contributed by atoms with Crippen LogP contribution >= 0.6 is 0 Å². The maximum Gasteiger partial charge on any atom is 0.253 e. The van der Waals surface area contributed by atoms with E-state index >= 15 is 4.39 Å². The molecule has 1 fully saturated rings. The molecule has 0 aliphatic heterocycles. The number of hydrogen-bond acceptors (Lipinski definition) is 4. The van der Waals surface area contributed by atoms with Crippen molar-refractivity contribution >= 4 is 28.5 Å². The lowest BCUT2D eigenvalue weighted by atomic mass is 10.0. The second-order valence-corrected chi connectivity index (χ2v) is 8.29. The predicted octanol–water partition coefficient (Wildman–Crippen LogP) is 3.79. The summed E-state index contributed by atoms with van der Waals surface area (Å²) in [7, 11) is 3.39. The zero-order valence-corrected chi connectivity index (χ0v) is 18.5. The van der Waals surface area contributed by atoms with Gasteiger partial charge in [0.25, 0.3) is 5.91 Å². The van der Waals surface area contributed by atoms with Gasteiger partial charge in [-0.3, -0.25) is 9.59 Å². The van der Waals surface area contributed by atoms with Gasteiger partial charge in [-0.2, -0.15) is 0 Å². The number of aromatic nitrogens is 4. The summed E-state index contributed by atoms with van der Waals surface area (Å²) in [5, 5.41) is 5.98. The molecule has 1 aliphatic rings. The summed E-state index contributed by atoms with van der Waals surface area (Å²) in [5.74, 6) is 0.226. The van der Waals surface area contributed by atoms with Crippen LogP contribution in [-0.4, -0.2) is 38.4 Å². The van der Waals surface area contributed by atoms with Crippen LogP contribution in [0.15, 0.2) is 36.7 Å². The minimum atomic E-state index is -0.430. The van der Waals surface area contributed by atoms with Crippen LogP contribution in [0.1, 0.15) is 29.0 Å². The lowest BCUT2D eigenvalue weighted by molar-refractivity contribution is -0.117. The number of hydrogen-bond donors (Lipinski definition) is 3. The van der Waals surface area contributed by atoms with Crippen LogP contribution in [0.5, 0.6) is 0 Å².